The van der Waals surface area contributed by atoms with E-state index in [1.165, 1.54) is 9.13 Å². The van der Waals surface area contributed by atoms with Gasteiger partial charge in [-0.2, -0.15) is 5.26 Å². The van der Waals surface area contributed by atoms with Crippen LogP contribution < -0.4 is 16.3 Å². The number of aryl methyl sites for hydroxylation is 1. The lowest BCUT2D eigenvalue weighted by Gasteiger charge is -2.11. The number of alkyl carbamates (subject to hydrolysis) is 1. The molecule has 1 aromatic carbocycles. The Morgan fingerprint density at radius 1 is 1.41 bits per heavy atom. The van der Waals surface area contributed by atoms with Gasteiger partial charge in [0.15, 0.2) is 11.6 Å². The molecule has 148 valence electrons. The highest BCUT2D eigenvalue weighted by Gasteiger charge is 2.25. The average molecular weight is 417 g/mol. The Labute approximate surface area is 168 Å². The predicted octanol–water partition coefficient (Wildman–Crippen LogP) is 2.25. The van der Waals surface area contributed by atoms with Crippen LogP contribution in [0.5, 0.6) is 0 Å². The molecule has 1 aliphatic rings. The van der Waals surface area contributed by atoms with Crippen molar-refractivity contribution in [1.82, 2.24) is 19.4 Å². The number of hydrogen-bond donors (Lipinski definition) is 2. The van der Waals surface area contributed by atoms with Crippen LogP contribution in [0.4, 0.5) is 20.7 Å². The first kappa shape index (κ1) is 18.8. The summed E-state index contributed by atoms with van der Waals surface area (Å²) in [5.41, 5.74) is 1.35. The monoisotopic (exact) mass is 416 g/mol. The van der Waals surface area contributed by atoms with E-state index in [9.17, 15) is 14.0 Å². The van der Waals surface area contributed by atoms with E-state index in [-0.39, 0.29) is 28.8 Å². The van der Waals surface area contributed by atoms with Crippen LogP contribution in [0.3, 0.4) is 0 Å². The number of carbonyl (C=O) groups excluding carboxylic acids is 1. The van der Waals surface area contributed by atoms with Gasteiger partial charge in [0, 0.05) is 12.7 Å². The van der Waals surface area contributed by atoms with Gasteiger partial charge in [-0.25, -0.2) is 19.0 Å². The minimum Gasteiger partial charge on any atom is -0.442 e. The zero-order valence-corrected chi connectivity index (χ0v) is 15.8. The molecule has 9 nitrogen and oxygen atoms in total. The van der Waals surface area contributed by atoms with Crippen LogP contribution in [0.1, 0.15) is 5.56 Å². The van der Waals surface area contributed by atoms with E-state index >= 15 is 0 Å². The number of anilines is 2. The molecule has 1 fully saturated rings. The van der Waals surface area contributed by atoms with Crippen molar-refractivity contribution in [3.63, 3.8) is 0 Å². The third kappa shape index (κ3) is 3.36. The minimum atomic E-state index is -0.736. The highest BCUT2D eigenvalue weighted by Crippen LogP contribution is 2.25. The van der Waals surface area contributed by atoms with Crippen molar-refractivity contribution in [1.29, 1.82) is 5.26 Å². The summed E-state index contributed by atoms with van der Waals surface area (Å²) in [7, 11) is 1.63. The van der Waals surface area contributed by atoms with Crippen LogP contribution in [0.2, 0.25) is 5.15 Å². The first-order valence-electron chi connectivity index (χ1n) is 8.54. The van der Waals surface area contributed by atoms with Crippen molar-refractivity contribution in [2.24, 2.45) is 7.05 Å². The van der Waals surface area contributed by atoms with Gasteiger partial charge in [-0.05, 0) is 24.3 Å². The fourth-order valence-corrected chi connectivity index (χ4v) is 3.35. The van der Waals surface area contributed by atoms with Gasteiger partial charge in [0.2, 0.25) is 0 Å². The summed E-state index contributed by atoms with van der Waals surface area (Å²) in [4.78, 5) is 27.7. The number of fused-ring (bicyclic) bond motifs is 1. The normalized spacial score (nSPS) is 15.8. The maximum atomic E-state index is 14.2. The van der Waals surface area contributed by atoms with Crippen molar-refractivity contribution >= 4 is 40.2 Å². The van der Waals surface area contributed by atoms with Gasteiger partial charge in [-0.1, -0.05) is 11.6 Å². The van der Waals surface area contributed by atoms with Gasteiger partial charge in [-0.3, -0.25) is 9.13 Å². The molecule has 0 radical (unpaired) electrons. The largest absolute Gasteiger partial charge is 0.442 e. The summed E-state index contributed by atoms with van der Waals surface area (Å²) < 4.78 is 22.3. The standard InChI is InChI=1S/C18H14ClFN6O3/c1-25-13-3-2-10(23-16-12(20)4-9(6-21)15(19)24-16)5-14(13)26(18(25)28)8-11-7-22-17(27)29-11/h2-5,11H,7-8H2,1H3,(H,22,27)(H,23,24)/t11-/m1/s1. The minimum absolute atomic E-state index is 0.0678. The van der Waals surface area contributed by atoms with E-state index in [4.69, 9.17) is 21.6 Å². The van der Waals surface area contributed by atoms with Crippen LogP contribution in [-0.4, -0.2) is 32.9 Å². The van der Waals surface area contributed by atoms with Crippen molar-refractivity contribution in [2.45, 2.75) is 12.6 Å². The molecule has 1 saturated heterocycles. The number of rotatable bonds is 4. The van der Waals surface area contributed by atoms with E-state index in [1.54, 1.807) is 31.3 Å². The second-order valence-electron chi connectivity index (χ2n) is 6.46. The molecule has 0 spiro atoms. The zero-order valence-electron chi connectivity index (χ0n) is 15.1. The Morgan fingerprint density at radius 2 is 2.21 bits per heavy atom. The summed E-state index contributed by atoms with van der Waals surface area (Å²) in [5.74, 6) is -0.882. The van der Waals surface area contributed by atoms with Crippen molar-refractivity contribution in [3.8, 4) is 6.07 Å². The number of benzene rings is 1. The van der Waals surface area contributed by atoms with Crippen LogP contribution >= 0.6 is 11.6 Å². The lowest BCUT2D eigenvalue weighted by Crippen LogP contribution is -2.29. The SMILES string of the molecule is Cn1c(=O)n(C[C@H]2CNC(=O)O2)c2cc(Nc3nc(Cl)c(C#N)cc3F)ccc21. The van der Waals surface area contributed by atoms with Crippen LogP contribution in [-0.2, 0) is 18.3 Å². The predicted molar refractivity (Wildman–Crippen MR) is 103 cm³/mol. The Balaban J connectivity index is 1.71. The number of pyridine rings is 1. The number of cyclic esters (lactones) is 1. The first-order chi connectivity index (χ1) is 13.9. The van der Waals surface area contributed by atoms with Crippen LogP contribution in [0.15, 0.2) is 29.1 Å². The van der Waals surface area contributed by atoms with E-state index in [0.29, 0.717) is 23.3 Å². The lowest BCUT2D eigenvalue weighted by atomic mass is 10.2. The van der Waals surface area contributed by atoms with Crippen molar-refractivity contribution in [3.05, 3.63) is 51.3 Å². The molecular formula is C18H14ClFN6O3. The molecule has 0 saturated carbocycles. The molecule has 0 bridgehead atoms. The molecule has 29 heavy (non-hydrogen) atoms. The number of carbonyl (C=O) groups is 1. The quantitative estimate of drug-likeness (QED) is 0.630. The molecular weight excluding hydrogens is 403 g/mol. The number of nitrogens with one attached hydrogen (secondary N) is 2. The zero-order chi connectivity index (χ0) is 20.7. The van der Waals surface area contributed by atoms with Gasteiger partial charge in [0.25, 0.3) is 0 Å². The molecule has 0 aliphatic carbocycles. The Kier molecular flexibility index (Phi) is 4.60. The van der Waals surface area contributed by atoms with Crippen LogP contribution in [0, 0.1) is 17.1 Å². The fourth-order valence-electron chi connectivity index (χ4n) is 3.17. The topological polar surface area (TPSA) is 114 Å². The van der Waals surface area contributed by atoms with E-state index < -0.39 is 18.0 Å². The summed E-state index contributed by atoms with van der Waals surface area (Å²) in [5, 5.41) is 14.1. The molecule has 3 heterocycles. The number of aromatic nitrogens is 3. The molecule has 0 unspecified atom stereocenters. The Bertz CT molecular complexity index is 1250. The highest BCUT2D eigenvalue weighted by atomic mass is 35.5. The Hall–Kier alpha value is -3.58. The van der Waals surface area contributed by atoms with Crippen molar-refractivity contribution in [2.75, 3.05) is 11.9 Å². The van der Waals surface area contributed by atoms with E-state index in [0.717, 1.165) is 6.07 Å². The second kappa shape index (κ2) is 7.10. The lowest BCUT2D eigenvalue weighted by molar-refractivity contribution is 0.131. The fraction of sp³-hybridized carbons (Fsp3) is 0.222. The number of imidazole rings is 1. The third-order valence-corrected chi connectivity index (χ3v) is 4.88. The number of amides is 1. The highest BCUT2D eigenvalue weighted by molar-refractivity contribution is 6.30. The molecule has 3 aromatic rings. The van der Waals surface area contributed by atoms with Gasteiger partial charge in [-0.15, -0.1) is 0 Å². The summed E-state index contributed by atoms with van der Waals surface area (Å²) in [6.07, 6.45) is -0.997. The number of ether oxygens (including phenoxy) is 1. The molecule has 1 aliphatic heterocycles. The summed E-state index contributed by atoms with van der Waals surface area (Å²) in [6.45, 7) is 0.478. The van der Waals surface area contributed by atoms with Gasteiger partial charge >= 0.3 is 11.8 Å². The molecule has 11 heteroatoms. The molecule has 2 aromatic heterocycles. The smallest absolute Gasteiger partial charge is 0.407 e. The van der Waals surface area contributed by atoms with Gasteiger partial charge < -0.3 is 15.4 Å². The van der Waals surface area contributed by atoms with Gasteiger partial charge in [0.05, 0.1) is 29.7 Å². The van der Waals surface area contributed by atoms with Gasteiger partial charge in [0.1, 0.15) is 17.3 Å². The molecule has 2 N–H and O–H groups in total. The summed E-state index contributed by atoms with van der Waals surface area (Å²) >= 11 is 5.88. The number of nitriles is 1. The second-order valence-corrected chi connectivity index (χ2v) is 6.82. The molecule has 4 rings (SSSR count). The first-order valence-corrected chi connectivity index (χ1v) is 8.92. The Morgan fingerprint density at radius 3 is 2.90 bits per heavy atom. The average Bonchev–Trinajstić information content (AvgIpc) is 3.21. The maximum absolute atomic E-state index is 14.2. The third-order valence-electron chi connectivity index (χ3n) is 4.59. The van der Waals surface area contributed by atoms with Crippen LogP contribution in [0.25, 0.3) is 11.0 Å². The van der Waals surface area contributed by atoms with Crippen molar-refractivity contribution < 1.29 is 13.9 Å². The van der Waals surface area contributed by atoms with E-state index in [2.05, 4.69) is 15.6 Å². The maximum Gasteiger partial charge on any atom is 0.407 e. The van der Waals surface area contributed by atoms with E-state index in [1.807, 2.05) is 0 Å². The number of hydrogen-bond acceptors (Lipinski definition) is 6. The molecule has 1 amide bonds. The molecule has 1 atom stereocenters. The number of nitrogens with zero attached hydrogens (tertiary/aromatic N) is 4. The summed E-state index contributed by atoms with van der Waals surface area (Å²) in [6, 6.07) is 7.79. The number of halogens is 2.